The normalized spacial score (nSPS) is 16.3. The third kappa shape index (κ3) is 5.46. The SMILES string of the molecule is O=C1Nc2ccccc2C(c2ccccc2)=N[C@@H]1Nc1nnc(-c2cnn(-c3ccc(C(F)(F)F)nc3)c2N2C=COCC2)o1. The summed E-state index contributed by atoms with van der Waals surface area (Å²) in [5.41, 5.74) is 2.40. The number of pyridine rings is 1. The van der Waals surface area contributed by atoms with Crippen molar-refractivity contribution in [2.45, 2.75) is 12.3 Å². The fourth-order valence-electron chi connectivity index (χ4n) is 4.91. The summed E-state index contributed by atoms with van der Waals surface area (Å²) in [6, 6.07) is 18.9. The zero-order chi connectivity index (χ0) is 31.0. The Balaban J connectivity index is 1.23. The van der Waals surface area contributed by atoms with Crippen LogP contribution >= 0.6 is 0 Å². The molecule has 0 spiro atoms. The molecule has 12 nitrogen and oxygen atoms in total. The molecule has 5 aromatic rings. The second kappa shape index (κ2) is 11.3. The molecule has 0 unspecified atom stereocenters. The Kier molecular flexibility index (Phi) is 6.96. The van der Waals surface area contributed by atoms with Crippen LogP contribution in [0.4, 0.5) is 30.7 Å². The van der Waals surface area contributed by atoms with Gasteiger partial charge in [0.1, 0.15) is 23.7 Å². The molecular formula is C30H22F3N9O3. The number of halogens is 3. The van der Waals surface area contributed by atoms with Crippen LogP contribution in [-0.4, -0.2) is 55.9 Å². The standard InChI is InChI=1S/C30H22F3N9O3/c31-30(32,33)23-11-10-19(16-34-23)42-28(41-12-14-44-15-13-41)21(17-35-42)27-39-40-29(45-27)38-25-26(43)36-22-9-5-4-8-20(22)24(37-25)18-6-2-1-3-7-18/h1-12,14,16-17,25H,13,15H2,(H,36,43)(H,38,40)/t25-/m1/s1. The number of hydrogen-bond donors (Lipinski definition) is 2. The van der Waals surface area contributed by atoms with Gasteiger partial charge in [-0.25, -0.2) is 14.7 Å². The number of alkyl halides is 3. The van der Waals surface area contributed by atoms with Crippen molar-refractivity contribution in [3.05, 3.63) is 108 Å². The van der Waals surface area contributed by atoms with E-state index in [1.165, 1.54) is 23.2 Å². The van der Waals surface area contributed by atoms with Crippen molar-refractivity contribution in [1.82, 2.24) is 25.0 Å². The fourth-order valence-corrected chi connectivity index (χ4v) is 4.91. The molecule has 0 saturated heterocycles. The van der Waals surface area contributed by atoms with Gasteiger partial charge in [-0.15, -0.1) is 5.10 Å². The van der Waals surface area contributed by atoms with Crippen LogP contribution < -0.4 is 15.5 Å². The van der Waals surface area contributed by atoms with E-state index in [4.69, 9.17) is 14.1 Å². The number of carbonyl (C=O) groups is 1. The minimum Gasteiger partial charge on any atom is -0.498 e. The number of para-hydroxylation sites is 1. The number of rotatable bonds is 6. The first kappa shape index (κ1) is 27.8. The average molecular weight is 614 g/mol. The van der Waals surface area contributed by atoms with Gasteiger partial charge in [0.2, 0.25) is 6.17 Å². The summed E-state index contributed by atoms with van der Waals surface area (Å²) in [5.74, 6) is 0.0383. The molecule has 2 aliphatic rings. The number of amides is 1. The van der Waals surface area contributed by atoms with Crippen molar-refractivity contribution < 1.29 is 27.1 Å². The van der Waals surface area contributed by atoms with Gasteiger partial charge in [-0.2, -0.15) is 18.3 Å². The Bertz CT molecular complexity index is 1920. The van der Waals surface area contributed by atoms with Crippen LogP contribution in [0.3, 0.4) is 0 Å². The third-order valence-corrected chi connectivity index (χ3v) is 7.00. The maximum Gasteiger partial charge on any atom is 0.433 e. The minimum absolute atomic E-state index is 0.0445. The Morgan fingerprint density at radius 3 is 2.53 bits per heavy atom. The van der Waals surface area contributed by atoms with Crippen molar-refractivity contribution in [3.63, 3.8) is 0 Å². The van der Waals surface area contributed by atoms with E-state index in [0.717, 1.165) is 23.4 Å². The molecule has 5 heterocycles. The van der Waals surface area contributed by atoms with Crippen molar-refractivity contribution in [2.24, 2.45) is 4.99 Å². The summed E-state index contributed by atoms with van der Waals surface area (Å²) < 4.78 is 52.1. The van der Waals surface area contributed by atoms with Gasteiger partial charge in [0.05, 0.1) is 42.3 Å². The molecule has 0 radical (unpaired) electrons. The molecule has 0 fully saturated rings. The first-order chi connectivity index (χ1) is 21.8. The molecule has 15 heteroatoms. The zero-order valence-corrected chi connectivity index (χ0v) is 23.1. The monoisotopic (exact) mass is 613 g/mol. The average Bonchev–Trinajstić information content (AvgIpc) is 3.68. The van der Waals surface area contributed by atoms with E-state index in [0.29, 0.717) is 35.9 Å². The van der Waals surface area contributed by atoms with Crippen LogP contribution in [0.2, 0.25) is 0 Å². The first-order valence-corrected chi connectivity index (χ1v) is 13.7. The van der Waals surface area contributed by atoms with Crippen molar-refractivity contribution in [1.29, 1.82) is 0 Å². The molecule has 0 bridgehead atoms. The fraction of sp³-hybridized carbons (Fsp3) is 0.133. The van der Waals surface area contributed by atoms with E-state index < -0.39 is 23.9 Å². The molecule has 3 aromatic heterocycles. The van der Waals surface area contributed by atoms with Gasteiger partial charge < -0.3 is 24.7 Å². The number of aromatic nitrogens is 5. The van der Waals surface area contributed by atoms with Gasteiger partial charge in [0.15, 0.2) is 0 Å². The summed E-state index contributed by atoms with van der Waals surface area (Å²) in [7, 11) is 0. The molecular weight excluding hydrogens is 591 g/mol. The smallest absolute Gasteiger partial charge is 0.433 e. The van der Waals surface area contributed by atoms with Crippen molar-refractivity contribution >= 4 is 29.1 Å². The van der Waals surface area contributed by atoms with Crippen LogP contribution in [0.5, 0.6) is 0 Å². The Hall–Kier alpha value is -5.99. The third-order valence-electron chi connectivity index (χ3n) is 7.00. The van der Waals surface area contributed by atoms with Gasteiger partial charge >= 0.3 is 12.2 Å². The number of hydrogen-bond acceptors (Lipinski definition) is 10. The predicted octanol–water partition coefficient (Wildman–Crippen LogP) is 4.87. The van der Waals surface area contributed by atoms with E-state index >= 15 is 0 Å². The summed E-state index contributed by atoms with van der Waals surface area (Å²) in [4.78, 5) is 23.3. The van der Waals surface area contributed by atoms with Crippen LogP contribution in [-0.2, 0) is 15.7 Å². The van der Waals surface area contributed by atoms with E-state index in [2.05, 4.69) is 30.9 Å². The van der Waals surface area contributed by atoms with Crippen LogP contribution in [0, 0.1) is 0 Å². The number of fused-ring (bicyclic) bond motifs is 1. The Labute approximate surface area is 252 Å². The molecule has 2 N–H and O–H groups in total. The molecule has 0 saturated carbocycles. The highest BCUT2D eigenvalue weighted by Gasteiger charge is 2.33. The number of nitrogens with zero attached hydrogens (tertiary/aromatic N) is 7. The molecule has 0 aliphatic carbocycles. The van der Waals surface area contributed by atoms with Gasteiger partial charge in [-0.1, -0.05) is 53.6 Å². The maximum atomic E-state index is 13.3. The lowest BCUT2D eigenvalue weighted by molar-refractivity contribution is -0.141. The van der Waals surface area contributed by atoms with E-state index in [9.17, 15) is 18.0 Å². The van der Waals surface area contributed by atoms with Gasteiger partial charge in [0.25, 0.3) is 11.8 Å². The van der Waals surface area contributed by atoms with Crippen molar-refractivity contribution in [2.75, 3.05) is 28.7 Å². The van der Waals surface area contributed by atoms with E-state index in [1.807, 2.05) is 48.5 Å². The van der Waals surface area contributed by atoms with Crippen LogP contribution in [0.25, 0.3) is 17.1 Å². The highest BCUT2D eigenvalue weighted by atomic mass is 19.4. The van der Waals surface area contributed by atoms with Crippen LogP contribution in [0.15, 0.2) is 101 Å². The maximum absolute atomic E-state index is 13.3. The second-order valence-corrected chi connectivity index (χ2v) is 9.88. The highest BCUT2D eigenvalue weighted by molar-refractivity contribution is 6.19. The minimum atomic E-state index is -4.58. The van der Waals surface area contributed by atoms with E-state index in [1.54, 1.807) is 17.2 Å². The lowest BCUT2D eigenvalue weighted by atomic mass is 10.0. The highest BCUT2D eigenvalue weighted by Crippen LogP contribution is 2.35. The topological polar surface area (TPSA) is 136 Å². The van der Waals surface area contributed by atoms with Gasteiger partial charge in [0, 0.05) is 17.3 Å². The Morgan fingerprint density at radius 2 is 1.78 bits per heavy atom. The number of ether oxygens (including phenoxy) is 1. The number of aliphatic imine (C=N–C) groups is 1. The molecule has 226 valence electrons. The van der Waals surface area contributed by atoms with Crippen LogP contribution in [0.1, 0.15) is 16.8 Å². The molecule has 45 heavy (non-hydrogen) atoms. The van der Waals surface area contributed by atoms with Gasteiger partial charge in [-0.05, 0) is 18.2 Å². The number of benzodiazepines with no additional fused rings is 1. The number of nitrogens with one attached hydrogen (secondary N) is 2. The first-order valence-electron chi connectivity index (χ1n) is 13.7. The number of benzene rings is 2. The summed E-state index contributed by atoms with van der Waals surface area (Å²) in [6.07, 6.45) is -0.0291. The van der Waals surface area contributed by atoms with Gasteiger partial charge in [-0.3, -0.25) is 4.79 Å². The molecule has 1 amide bonds. The second-order valence-electron chi connectivity index (χ2n) is 9.88. The largest absolute Gasteiger partial charge is 0.498 e. The molecule has 7 rings (SSSR count). The molecule has 2 aliphatic heterocycles. The summed E-state index contributed by atoms with van der Waals surface area (Å²) in [6.45, 7) is 0.756. The summed E-state index contributed by atoms with van der Waals surface area (Å²) >= 11 is 0. The molecule has 2 aromatic carbocycles. The van der Waals surface area contributed by atoms with Crippen molar-refractivity contribution in [3.8, 4) is 17.1 Å². The van der Waals surface area contributed by atoms with E-state index in [-0.39, 0.29) is 17.6 Å². The quantitative estimate of drug-likeness (QED) is 0.275. The lowest BCUT2D eigenvalue weighted by Crippen LogP contribution is -2.32. The molecule has 1 atom stereocenters. The lowest BCUT2D eigenvalue weighted by Gasteiger charge is -2.24. The number of anilines is 3. The zero-order valence-electron chi connectivity index (χ0n) is 23.1. The predicted molar refractivity (Wildman–Crippen MR) is 157 cm³/mol. The summed E-state index contributed by atoms with van der Waals surface area (Å²) in [5, 5.41) is 18.5. The Morgan fingerprint density at radius 1 is 0.956 bits per heavy atom. The number of carbonyl (C=O) groups excluding carboxylic acids is 1.